The average Bonchev–Trinajstić information content (AvgIpc) is 3.21. The van der Waals surface area contributed by atoms with Gasteiger partial charge in [-0.15, -0.1) is 0 Å². The molecule has 0 saturated heterocycles. The molecule has 0 saturated carbocycles. The molecule has 3 heterocycles. The van der Waals surface area contributed by atoms with E-state index in [4.69, 9.17) is 18.6 Å². The second-order valence-corrected chi connectivity index (χ2v) is 7.48. The number of rotatable bonds is 1. The van der Waals surface area contributed by atoms with Crippen molar-refractivity contribution >= 4 is 16.7 Å². The Morgan fingerprint density at radius 1 is 0.821 bits per heavy atom. The maximum absolute atomic E-state index is 12.6. The zero-order chi connectivity index (χ0) is 18.7. The molecule has 0 bridgehead atoms. The Bertz CT molecular complexity index is 1170. The van der Waals surface area contributed by atoms with Crippen LogP contribution in [0.1, 0.15) is 29.5 Å². The van der Waals surface area contributed by atoms with Gasteiger partial charge in [-0.3, -0.25) is 0 Å². The minimum absolute atomic E-state index is 0.198. The van der Waals surface area contributed by atoms with E-state index in [2.05, 4.69) is 4.90 Å². The number of anilines is 1. The Hall–Kier alpha value is -3.15. The van der Waals surface area contributed by atoms with Gasteiger partial charge in [0.2, 0.25) is 6.79 Å². The molecule has 28 heavy (non-hydrogen) atoms. The van der Waals surface area contributed by atoms with Gasteiger partial charge in [0.25, 0.3) is 0 Å². The van der Waals surface area contributed by atoms with E-state index in [9.17, 15) is 4.79 Å². The Kier molecular flexibility index (Phi) is 3.36. The second kappa shape index (κ2) is 5.92. The molecule has 0 spiro atoms. The monoisotopic (exact) mass is 377 g/mol. The van der Waals surface area contributed by atoms with Gasteiger partial charge in [0.1, 0.15) is 11.3 Å². The summed E-state index contributed by atoms with van der Waals surface area (Å²) in [4.78, 5) is 14.7. The molecule has 1 aromatic heterocycles. The highest BCUT2D eigenvalue weighted by molar-refractivity contribution is 5.87. The van der Waals surface area contributed by atoms with Crippen LogP contribution in [0.25, 0.3) is 11.0 Å². The van der Waals surface area contributed by atoms with Crippen LogP contribution in [0.15, 0.2) is 39.5 Å². The fourth-order valence-electron chi connectivity index (χ4n) is 4.46. The molecule has 142 valence electrons. The lowest BCUT2D eigenvalue weighted by Gasteiger charge is -2.31. The van der Waals surface area contributed by atoms with Gasteiger partial charge in [-0.05, 0) is 55.5 Å². The van der Waals surface area contributed by atoms with Gasteiger partial charge in [0.05, 0.1) is 12.1 Å². The SMILES string of the molecule is O=c1oc2c3c(ccc2c2c1CCCC2)OCN(c1ccc2c(c1)OCO2)C3. The maximum atomic E-state index is 12.6. The molecule has 6 rings (SSSR count). The van der Waals surface area contributed by atoms with Crippen LogP contribution in [0.2, 0.25) is 0 Å². The third-order valence-electron chi connectivity index (χ3n) is 5.90. The first kappa shape index (κ1) is 15.9. The lowest BCUT2D eigenvalue weighted by atomic mass is 9.90. The molecule has 0 radical (unpaired) electrons. The molecule has 6 nitrogen and oxygen atoms in total. The summed E-state index contributed by atoms with van der Waals surface area (Å²) in [5.41, 5.74) is 4.37. The van der Waals surface area contributed by atoms with Gasteiger partial charge in [-0.1, -0.05) is 0 Å². The van der Waals surface area contributed by atoms with Crippen molar-refractivity contribution < 1.29 is 18.6 Å². The first-order valence-electron chi connectivity index (χ1n) is 9.66. The zero-order valence-electron chi connectivity index (χ0n) is 15.3. The quantitative estimate of drug-likeness (QED) is 0.602. The van der Waals surface area contributed by atoms with E-state index in [0.717, 1.165) is 70.7 Å². The van der Waals surface area contributed by atoms with E-state index in [-0.39, 0.29) is 12.4 Å². The summed E-state index contributed by atoms with van der Waals surface area (Å²) < 4.78 is 22.7. The molecule has 0 amide bonds. The van der Waals surface area contributed by atoms with Crippen LogP contribution in [0.5, 0.6) is 17.2 Å². The highest BCUT2D eigenvalue weighted by atomic mass is 16.7. The fraction of sp³-hybridized carbons (Fsp3) is 0.318. The Morgan fingerprint density at radius 3 is 2.57 bits per heavy atom. The van der Waals surface area contributed by atoms with Gasteiger partial charge in [0.15, 0.2) is 18.2 Å². The standard InChI is InChI=1S/C22H19NO5/c24-22-16-4-2-1-3-14(16)15-6-8-18-17(21(15)28-22)10-23(11-25-18)13-5-7-19-20(9-13)27-12-26-19/h5-9H,1-4,10-12H2. The number of aryl methyl sites for hydroxylation is 1. The highest BCUT2D eigenvalue weighted by Gasteiger charge is 2.26. The second-order valence-electron chi connectivity index (χ2n) is 7.48. The number of ether oxygens (including phenoxy) is 3. The summed E-state index contributed by atoms with van der Waals surface area (Å²) in [6, 6.07) is 9.90. The minimum Gasteiger partial charge on any atom is -0.473 e. The highest BCUT2D eigenvalue weighted by Crippen LogP contribution is 2.39. The van der Waals surface area contributed by atoms with Crippen molar-refractivity contribution in [2.75, 3.05) is 18.4 Å². The maximum Gasteiger partial charge on any atom is 0.339 e. The number of hydrogen-bond acceptors (Lipinski definition) is 6. The summed E-state index contributed by atoms with van der Waals surface area (Å²) in [5, 5.41) is 1.05. The van der Waals surface area contributed by atoms with E-state index < -0.39 is 0 Å². The van der Waals surface area contributed by atoms with Crippen molar-refractivity contribution in [3.63, 3.8) is 0 Å². The first-order valence-corrected chi connectivity index (χ1v) is 9.66. The molecule has 3 aromatic rings. The predicted molar refractivity (Wildman–Crippen MR) is 103 cm³/mol. The van der Waals surface area contributed by atoms with Crippen LogP contribution >= 0.6 is 0 Å². The van der Waals surface area contributed by atoms with Gasteiger partial charge in [-0.25, -0.2) is 4.79 Å². The lowest BCUT2D eigenvalue weighted by Crippen LogP contribution is -2.32. The van der Waals surface area contributed by atoms with Crippen molar-refractivity contribution in [3.05, 3.63) is 57.4 Å². The topological polar surface area (TPSA) is 61.1 Å². The summed E-state index contributed by atoms with van der Waals surface area (Å²) >= 11 is 0. The van der Waals surface area contributed by atoms with Crippen molar-refractivity contribution in [1.29, 1.82) is 0 Å². The molecule has 1 aliphatic carbocycles. The molecule has 2 aromatic carbocycles. The zero-order valence-corrected chi connectivity index (χ0v) is 15.3. The predicted octanol–water partition coefficient (Wildman–Crippen LogP) is 3.76. The third kappa shape index (κ3) is 2.30. The van der Waals surface area contributed by atoms with Gasteiger partial charge in [-0.2, -0.15) is 0 Å². The first-order chi connectivity index (χ1) is 13.8. The van der Waals surface area contributed by atoms with Crippen LogP contribution in [0.4, 0.5) is 5.69 Å². The van der Waals surface area contributed by atoms with Gasteiger partial charge >= 0.3 is 5.63 Å². The molecule has 2 aliphatic heterocycles. The molecule has 0 fully saturated rings. The van der Waals surface area contributed by atoms with Crippen molar-refractivity contribution in [2.24, 2.45) is 0 Å². The molecular formula is C22H19NO5. The summed E-state index contributed by atoms with van der Waals surface area (Å²) in [6.07, 6.45) is 3.91. The van der Waals surface area contributed by atoms with Crippen LogP contribution < -0.4 is 24.7 Å². The number of nitrogens with zero attached hydrogens (tertiary/aromatic N) is 1. The van der Waals surface area contributed by atoms with Crippen LogP contribution in [0, 0.1) is 0 Å². The fourth-order valence-corrected chi connectivity index (χ4v) is 4.46. The van der Waals surface area contributed by atoms with Gasteiger partial charge in [0, 0.05) is 22.7 Å². The summed E-state index contributed by atoms with van der Waals surface area (Å²) in [6.45, 7) is 1.28. The summed E-state index contributed by atoms with van der Waals surface area (Å²) in [5.74, 6) is 2.27. The smallest absolute Gasteiger partial charge is 0.339 e. The van der Waals surface area contributed by atoms with Crippen molar-refractivity contribution in [1.82, 2.24) is 0 Å². The number of hydrogen-bond donors (Lipinski definition) is 0. The van der Waals surface area contributed by atoms with Crippen LogP contribution in [-0.4, -0.2) is 13.5 Å². The van der Waals surface area contributed by atoms with E-state index in [0.29, 0.717) is 18.9 Å². The molecule has 0 N–H and O–H groups in total. The Labute approximate surface area is 161 Å². The largest absolute Gasteiger partial charge is 0.473 e. The van der Waals surface area contributed by atoms with Crippen molar-refractivity contribution in [3.8, 4) is 17.2 Å². The minimum atomic E-state index is -0.198. The number of fused-ring (bicyclic) bond motifs is 6. The van der Waals surface area contributed by atoms with E-state index >= 15 is 0 Å². The van der Waals surface area contributed by atoms with E-state index in [1.807, 2.05) is 30.3 Å². The Balaban J connectivity index is 1.46. The molecule has 0 atom stereocenters. The van der Waals surface area contributed by atoms with Crippen LogP contribution in [0.3, 0.4) is 0 Å². The van der Waals surface area contributed by atoms with E-state index in [1.54, 1.807) is 0 Å². The van der Waals surface area contributed by atoms with E-state index in [1.165, 1.54) is 0 Å². The lowest BCUT2D eigenvalue weighted by molar-refractivity contribution is 0.174. The Morgan fingerprint density at radius 2 is 1.64 bits per heavy atom. The molecular weight excluding hydrogens is 358 g/mol. The normalized spacial score (nSPS) is 17.2. The third-order valence-corrected chi connectivity index (χ3v) is 5.90. The molecule has 6 heteroatoms. The van der Waals surface area contributed by atoms with Crippen LogP contribution in [-0.2, 0) is 19.4 Å². The molecule has 3 aliphatic rings. The molecule has 0 unspecified atom stereocenters. The summed E-state index contributed by atoms with van der Waals surface area (Å²) in [7, 11) is 0. The number of benzene rings is 2. The van der Waals surface area contributed by atoms with Crippen molar-refractivity contribution in [2.45, 2.75) is 32.2 Å². The van der Waals surface area contributed by atoms with Gasteiger partial charge < -0.3 is 23.5 Å². The average molecular weight is 377 g/mol.